The molecule has 6 heteroatoms. The lowest BCUT2D eigenvalue weighted by molar-refractivity contribution is -0.138. The van der Waals surface area contributed by atoms with Gasteiger partial charge in [0.1, 0.15) is 0 Å². The molecule has 2 saturated carbocycles. The highest BCUT2D eigenvalue weighted by atomic mass is 32.2. The highest BCUT2D eigenvalue weighted by molar-refractivity contribution is 7.85. The van der Waals surface area contributed by atoms with Gasteiger partial charge in [0, 0.05) is 5.57 Å². The van der Waals surface area contributed by atoms with Crippen LogP contribution in [0.1, 0.15) is 40.0 Å². The summed E-state index contributed by atoms with van der Waals surface area (Å²) in [6, 6.07) is 0. The number of hydrogen-bond acceptors (Lipinski definition) is 4. The Kier molecular flexibility index (Phi) is 3.54. The van der Waals surface area contributed by atoms with Crippen molar-refractivity contribution in [2.24, 2.45) is 22.7 Å². The van der Waals surface area contributed by atoms with Crippen LogP contribution in [-0.2, 0) is 19.6 Å². The van der Waals surface area contributed by atoms with Gasteiger partial charge in [-0.25, -0.2) is 4.79 Å². The van der Waals surface area contributed by atoms with Crippen LogP contribution >= 0.6 is 0 Å². The summed E-state index contributed by atoms with van der Waals surface area (Å²) in [6.45, 7) is 10.4. The number of carbonyl (C=O) groups is 1. The summed E-state index contributed by atoms with van der Waals surface area (Å²) in [6.07, 6.45) is 3.09. The Morgan fingerprint density at radius 3 is 2.40 bits per heavy atom. The highest BCUT2D eigenvalue weighted by Crippen LogP contribution is 2.69. The van der Waals surface area contributed by atoms with Gasteiger partial charge in [0.2, 0.25) is 5.94 Å². The number of hydrogen-bond donors (Lipinski definition) is 1. The maximum atomic E-state index is 11.9. The molecule has 114 valence electrons. The van der Waals surface area contributed by atoms with Crippen molar-refractivity contribution in [3.8, 4) is 0 Å². The molecule has 2 aliphatic rings. The summed E-state index contributed by atoms with van der Waals surface area (Å²) in [5.41, 5.74) is 0.460. The number of ether oxygens (including phenoxy) is 1. The lowest BCUT2D eigenvalue weighted by Gasteiger charge is -2.39. The highest BCUT2D eigenvalue weighted by Gasteiger charge is 2.62. The number of carbonyl (C=O) groups excluding carboxylic acids is 1. The summed E-state index contributed by atoms with van der Waals surface area (Å²) in [4.78, 5) is 11.9. The number of fused-ring (bicyclic) bond motifs is 2. The third-order valence-corrected chi connectivity index (χ3v) is 6.23. The molecule has 0 aromatic rings. The summed E-state index contributed by atoms with van der Waals surface area (Å²) in [5.74, 6) is -1.16. The van der Waals surface area contributed by atoms with E-state index in [4.69, 9.17) is 4.55 Å². The quantitative estimate of drug-likeness (QED) is 0.490. The standard InChI is InChI=1S/C14H22O5S/c1-9(12(15)19-8-20(16,17)18)11-7-10-5-6-14(11,4)13(10,2)3/h10-11H,1,5-8H2,2-4H3,(H,16,17,18)/t10-,11?,14-/m1/s1. The molecular weight excluding hydrogens is 280 g/mol. The van der Waals surface area contributed by atoms with E-state index < -0.39 is 22.0 Å². The van der Waals surface area contributed by atoms with E-state index in [1.54, 1.807) is 0 Å². The van der Waals surface area contributed by atoms with Crippen molar-refractivity contribution in [1.29, 1.82) is 0 Å². The third-order valence-electron chi connectivity index (χ3n) is 5.82. The molecule has 2 aliphatic carbocycles. The molecule has 0 amide bonds. The van der Waals surface area contributed by atoms with Gasteiger partial charge in [-0.3, -0.25) is 4.55 Å². The molecule has 2 fully saturated rings. The molecule has 0 aliphatic heterocycles. The molecule has 1 unspecified atom stereocenters. The minimum Gasteiger partial charge on any atom is -0.443 e. The topological polar surface area (TPSA) is 80.7 Å². The van der Waals surface area contributed by atoms with Gasteiger partial charge in [0.25, 0.3) is 0 Å². The second-order valence-electron chi connectivity index (χ2n) is 6.82. The fraction of sp³-hybridized carbons (Fsp3) is 0.786. The Morgan fingerprint density at radius 2 is 2.00 bits per heavy atom. The van der Waals surface area contributed by atoms with E-state index in [0.29, 0.717) is 11.5 Å². The zero-order chi connectivity index (χ0) is 15.3. The van der Waals surface area contributed by atoms with Crippen molar-refractivity contribution in [3.63, 3.8) is 0 Å². The molecule has 0 aromatic heterocycles. The molecule has 2 bridgehead atoms. The van der Waals surface area contributed by atoms with Gasteiger partial charge >= 0.3 is 16.1 Å². The molecule has 0 heterocycles. The molecule has 20 heavy (non-hydrogen) atoms. The first-order chi connectivity index (χ1) is 8.99. The zero-order valence-corrected chi connectivity index (χ0v) is 13.0. The van der Waals surface area contributed by atoms with Crippen molar-refractivity contribution >= 4 is 16.1 Å². The molecule has 0 saturated heterocycles. The maximum Gasteiger partial charge on any atom is 0.334 e. The SMILES string of the molecule is C=C(C(=O)OCS(=O)(=O)O)C1C[C@H]2CC[C@@]1(C)C2(C)C. The molecule has 5 nitrogen and oxygen atoms in total. The van der Waals surface area contributed by atoms with E-state index in [0.717, 1.165) is 19.3 Å². The minimum absolute atomic E-state index is 0.00808. The monoisotopic (exact) mass is 302 g/mol. The van der Waals surface area contributed by atoms with Crippen LogP contribution in [-0.4, -0.2) is 24.9 Å². The first-order valence-electron chi connectivity index (χ1n) is 6.80. The summed E-state index contributed by atoms with van der Waals surface area (Å²) >= 11 is 0. The van der Waals surface area contributed by atoms with Crippen molar-refractivity contribution in [3.05, 3.63) is 12.2 Å². The van der Waals surface area contributed by atoms with Crippen LogP contribution in [0.5, 0.6) is 0 Å². The van der Waals surface area contributed by atoms with E-state index in [1.807, 2.05) is 0 Å². The molecule has 2 rings (SSSR count). The van der Waals surface area contributed by atoms with Crippen LogP contribution in [0.15, 0.2) is 12.2 Å². The van der Waals surface area contributed by atoms with Crippen LogP contribution in [0.3, 0.4) is 0 Å². The van der Waals surface area contributed by atoms with Crippen LogP contribution in [0.4, 0.5) is 0 Å². The van der Waals surface area contributed by atoms with E-state index in [2.05, 4.69) is 32.1 Å². The van der Waals surface area contributed by atoms with Crippen LogP contribution in [0, 0.1) is 22.7 Å². The van der Waals surface area contributed by atoms with E-state index in [-0.39, 0.29) is 16.7 Å². The van der Waals surface area contributed by atoms with Crippen LogP contribution in [0.25, 0.3) is 0 Å². The van der Waals surface area contributed by atoms with E-state index in [9.17, 15) is 13.2 Å². The van der Waals surface area contributed by atoms with Crippen molar-refractivity contribution in [2.45, 2.75) is 40.0 Å². The van der Waals surface area contributed by atoms with Gasteiger partial charge in [-0.05, 0) is 41.9 Å². The first-order valence-corrected chi connectivity index (χ1v) is 8.41. The average molecular weight is 302 g/mol. The van der Waals surface area contributed by atoms with Gasteiger partial charge in [-0.2, -0.15) is 8.42 Å². The van der Waals surface area contributed by atoms with Crippen molar-refractivity contribution in [2.75, 3.05) is 5.94 Å². The van der Waals surface area contributed by atoms with Crippen LogP contribution < -0.4 is 0 Å². The van der Waals surface area contributed by atoms with Gasteiger partial charge < -0.3 is 4.74 Å². The van der Waals surface area contributed by atoms with Crippen molar-refractivity contribution in [1.82, 2.24) is 0 Å². The minimum atomic E-state index is -4.31. The van der Waals surface area contributed by atoms with E-state index in [1.165, 1.54) is 0 Å². The smallest absolute Gasteiger partial charge is 0.334 e. The Morgan fingerprint density at radius 1 is 1.40 bits per heavy atom. The Bertz CT molecular complexity index is 548. The van der Waals surface area contributed by atoms with Gasteiger partial charge in [0.15, 0.2) is 0 Å². The Balaban J connectivity index is 2.10. The second kappa shape index (κ2) is 4.56. The van der Waals surface area contributed by atoms with Crippen molar-refractivity contribution < 1.29 is 22.5 Å². The van der Waals surface area contributed by atoms with Gasteiger partial charge in [-0.1, -0.05) is 27.4 Å². The number of rotatable bonds is 4. The maximum absolute atomic E-state index is 11.9. The Labute approximate surface area is 120 Å². The molecule has 0 aromatic carbocycles. The van der Waals surface area contributed by atoms with Gasteiger partial charge in [-0.15, -0.1) is 0 Å². The summed E-state index contributed by atoms with van der Waals surface area (Å²) in [5, 5.41) is 0. The summed E-state index contributed by atoms with van der Waals surface area (Å²) < 4.78 is 34.5. The Hall–Kier alpha value is -0.880. The summed E-state index contributed by atoms with van der Waals surface area (Å²) in [7, 11) is -4.31. The second-order valence-corrected chi connectivity index (χ2v) is 8.22. The van der Waals surface area contributed by atoms with Gasteiger partial charge in [0.05, 0.1) is 0 Å². The van der Waals surface area contributed by atoms with Crippen LogP contribution in [0.2, 0.25) is 0 Å². The predicted octanol–water partition coefficient (Wildman–Crippen LogP) is 2.39. The zero-order valence-electron chi connectivity index (χ0n) is 12.2. The first kappa shape index (κ1) is 15.5. The number of esters is 1. The fourth-order valence-corrected chi connectivity index (χ4v) is 4.35. The largest absolute Gasteiger partial charge is 0.443 e. The molecule has 3 atom stereocenters. The molecule has 0 radical (unpaired) electrons. The molecule has 0 spiro atoms. The van der Waals surface area contributed by atoms with E-state index >= 15 is 0 Å². The lowest BCUT2D eigenvalue weighted by Crippen LogP contribution is -2.35. The normalized spacial score (nSPS) is 35.0. The average Bonchev–Trinajstić information content (AvgIpc) is 2.66. The molecular formula is C14H22O5S. The third kappa shape index (κ3) is 2.29. The molecule has 1 N–H and O–H groups in total. The predicted molar refractivity (Wildman–Crippen MR) is 74.4 cm³/mol. The lowest BCUT2D eigenvalue weighted by atomic mass is 9.65. The fourth-order valence-electron chi connectivity index (χ4n) is 4.09.